The van der Waals surface area contributed by atoms with Crippen molar-refractivity contribution in [1.82, 2.24) is 4.90 Å². The molecule has 0 unspecified atom stereocenters. The van der Waals surface area contributed by atoms with Gasteiger partial charge in [-0.1, -0.05) is 18.2 Å². The summed E-state index contributed by atoms with van der Waals surface area (Å²) in [5.74, 6) is -0.332. The summed E-state index contributed by atoms with van der Waals surface area (Å²) in [5.41, 5.74) is 4.54. The van der Waals surface area contributed by atoms with Gasteiger partial charge in [0.1, 0.15) is 0 Å². The molecule has 2 aromatic rings. The Hall–Kier alpha value is -2.95. The third kappa shape index (κ3) is 4.08. The fourth-order valence-electron chi connectivity index (χ4n) is 3.44. The molecule has 5 heteroatoms. The van der Waals surface area contributed by atoms with E-state index in [4.69, 9.17) is 0 Å². The zero-order valence-electron chi connectivity index (χ0n) is 16.0. The molecule has 0 aromatic heterocycles. The van der Waals surface area contributed by atoms with Gasteiger partial charge in [-0.3, -0.25) is 19.3 Å². The van der Waals surface area contributed by atoms with E-state index in [1.807, 2.05) is 32.9 Å². The smallest absolute Gasteiger partial charge is 0.258 e. The maximum Gasteiger partial charge on any atom is 0.258 e. The maximum absolute atomic E-state index is 13.0. The summed E-state index contributed by atoms with van der Waals surface area (Å²) in [7, 11) is 0. The van der Waals surface area contributed by atoms with Crippen LogP contribution < -0.4 is 4.90 Å². The average molecular weight is 364 g/mol. The third-order valence-electron chi connectivity index (χ3n) is 4.78. The van der Waals surface area contributed by atoms with Gasteiger partial charge in [0.15, 0.2) is 0 Å². The summed E-state index contributed by atoms with van der Waals surface area (Å²) in [6.45, 7) is 6.82. The first-order chi connectivity index (χ1) is 12.9. The lowest BCUT2D eigenvalue weighted by molar-refractivity contribution is -0.139. The number of hydrogen-bond donors (Lipinski definition) is 0. The fraction of sp³-hybridized carbons (Fsp3) is 0.318. The van der Waals surface area contributed by atoms with Gasteiger partial charge in [-0.2, -0.15) is 0 Å². The first-order valence-electron chi connectivity index (χ1n) is 9.21. The predicted octanol–water partition coefficient (Wildman–Crippen LogP) is 3.62. The standard InChI is InChI=1S/C22H24N2O3/c1-4-23(19-12-15(2)11-16(3)13-19)22(27)18-7-5-17(6-8-18)14-24-20(25)9-10-21(24)26/h5-8,11-13H,4,9-10,14H2,1-3H3. The molecule has 1 saturated heterocycles. The lowest BCUT2D eigenvalue weighted by Crippen LogP contribution is -2.31. The van der Waals surface area contributed by atoms with Crippen LogP contribution >= 0.6 is 0 Å². The number of imide groups is 1. The normalized spacial score (nSPS) is 14.0. The summed E-state index contributed by atoms with van der Waals surface area (Å²) in [4.78, 5) is 39.5. The summed E-state index contributed by atoms with van der Waals surface area (Å²) < 4.78 is 0. The van der Waals surface area contributed by atoms with Gasteiger partial charge in [0.05, 0.1) is 6.54 Å². The van der Waals surface area contributed by atoms with Crippen LogP contribution in [0.1, 0.15) is 46.8 Å². The Kier molecular flexibility index (Phi) is 5.40. The quantitative estimate of drug-likeness (QED) is 0.762. The lowest BCUT2D eigenvalue weighted by Gasteiger charge is -2.22. The van der Waals surface area contributed by atoms with Crippen LogP contribution in [0, 0.1) is 13.8 Å². The van der Waals surface area contributed by atoms with Crippen molar-refractivity contribution in [1.29, 1.82) is 0 Å². The number of carbonyl (C=O) groups excluding carboxylic acids is 3. The highest BCUT2D eigenvalue weighted by molar-refractivity contribution is 6.06. The molecule has 0 bridgehead atoms. The van der Waals surface area contributed by atoms with Crippen LogP contribution in [-0.2, 0) is 16.1 Å². The van der Waals surface area contributed by atoms with E-state index in [0.717, 1.165) is 22.4 Å². The average Bonchev–Trinajstić information content (AvgIpc) is 2.94. The minimum Gasteiger partial charge on any atom is -0.309 e. The Morgan fingerprint density at radius 2 is 1.52 bits per heavy atom. The summed E-state index contributed by atoms with van der Waals surface area (Å²) in [5, 5.41) is 0. The Labute approximate surface area is 159 Å². The van der Waals surface area contributed by atoms with Gasteiger partial charge in [0.2, 0.25) is 11.8 Å². The van der Waals surface area contributed by atoms with Crippen LogP contribution in [0.5, 0.6) is 0 Å². The summed E-state index contributed by atoms with van der Waals surface area (Å²) >= 11 is 0. The van der Waals surface area contributed by atoms with Crippen LogP contribution in [0.4, 0.5) is 5.69 Å². The minimum atomic E-state index is -0.132. The van der Waals surface area contributed by atoms with Crippen molar-refractivity contribution in [2.75, 3.05) is 11.4 Å². The monoisotopic (exact) mass is 364 g/mol. The van der Waals surface area contributed by atoms with Gasteiger partial charge in [0, 0.05) is 30.6 Å². The Morgan fingerprint density at radius 1 is 0.963 bits per heavy atom. The summed E-state index contributed by atoms with van der Waals surface area (Å²) in [6, 6.07) is 13.2. The largest absolute Gasteiger partial charge is 0.309 e. The highest BCUT2D eigenvalue weighted by Gasteiger charge is 2.28. The number of aryl methyl sites for hydroxylation is 2. The van der Waals surface area contributed by atoms with Gasteiger partial charge in [-0.05, 0) is 61.7 Å². The zero-order chi connectivity index (χ0) is 19.6. The van der Waals surface area contributed by atoms with Crippen LogP contribution in [0.2, 0.25) is 0 Å². The predicted molar refractivity (Wildman–Crippen MR) is 104 cm³/mol. The van der Waals surface area contributed by atoms with Gasteiger partial charge in [-0.25, -0.2) is 0 Å². The van der Waals surface area contributed by atoms with Gasteiger partial charge < -0.3 is 4.90 Å². The Bertz CT molecular complexity index is 851. The van der Waals surface area contributed by atoms with Crippen molar-refractivity contribution >= 4 is 23.4 Å². The first-order valence-corrected chi connectivity index (χ1v) is 9.21. The van der Waals surface area contributed by atoms with E-state index in [1.165, 1.54) is 4.90 Å². The molecular formula is C22H24N2O3. The van der Waals surface area contributed by atoms with Gasteiger partial charge in [-0.15, -0.1) is 0 Å². The number of benzene rings is 2. The molecule has 27 heavy (non-hydrogen) atoms. The van der Waals surface area contributed by atoms with E-state index in [9.17, 15) is 14.4 Å². The second-order valence-electron chi connectivity index (χ2n) is 6.97. The Balaban J connectivity index is 1.78. The molecule has 3 rings (SSSR count). The van der Waals surface area contributed by atoms with Crippen molar-refractivity contribution < 1.29 is 14.4 Å². The molecule has 3 amide bonds. The van der Waals surface area contributed by atoms with Crippen molar-refractivity contribution in [3.05, 3.63) is 64.7 Å². The molecule has 0 N–H and O–H groups in total. The second-order valence-corrected chi connectivity index (χ2v) is 6.97. The van der Waals surface area contributed by atoms with Crippen molar-refractivity contribution in [3.8, 4) is 0 Å². The molecule has 1 aliphatic heterocycles. The number of nitrogens with zero attached hydrogens (tertiary/aromatic N) is 2. The van der Waals surface area contributed by atoms with Crippen LogP contribution in [0.15, 0.2) is 42.5 Å². The minimum absolute atomic E-state index is 0.0672. The molecule has 1 heterocycles. The van der Waals surface area contributed by atoms with Crippen LogP contribution in [-0.4, -0.2) is 29.2 Å². The number of likely N-dealkylation sites (tertiary alicyclic amines) is 1. The van der Waals surface area contributed by atoms with E-state index >= 15 is 0 Å². The molecule has 0 aliphatic carbocycles. The molecule has 0 atom stereocenters. The molecule has 5 nitrogen and oxygen atoms in total. The number of hydrogen-bond acceptors (Lipinski definition) is 3. The van der Waals surface area contributed by atoms with E-state index in [-0.39, 0.29) is 37.1 Å². The zero-order valence-corrected chi connectivity index (χ0v) is 16.0. The van der Waals surface area contributed by atoms with Gasteiger partial charge >= 0.3 is 0 Å². The third-order valence-corrected chi connectivity index (χ3v) is 4.78. The highest BCUT2D eigenvalue weighted by atomic mass is 16.2. The highest BCUT2D eigenvalue weighted by Crippen LogP contribution is 2.22. The summed E-state index contributed by atoms with van der Waals surface area (Å²) in [6.07, 6.45) is 0.577. The Morgan fingerprint density at radius 3 is 2.04 bits per heavy atom. The maximum atomic E-state index is 13.0. The van der Waals surface area contributed by atoms with Crippen molar-refractivity contribution in [3.63, 3.8) is 0 Å². The first kappa shape index (κ1) is 18.8. The number of carbonyl (C=O) groups is 3. The molecule has 140 valence electrons. The second kappa shape index (κ2) is 7.74. The van der Waals surface area contributed by atoms with E-state index < -0.39 is 0 Å². The van der Waals surface area contributed by atoms with Crippen LogP contribution in [0.25, 0.3) is 0 Å². The molecular weight excluding hydrogens is 340 g/mol. The molecule has 1 aliphatic rings. The number of anilines is 1. The lowest BCUT2D eigenvalue weighted by atomic mass is 10.1. The van der Waals surface area contributed by atoms with Crippen LogP contribution in [0.3, 0.4) is 0 Å². The topological polar surface area (TPSA) is 57.7 Å². The van der Waals surface area contributed by atoms with Crippen molar-refractivity contribution in [2.45, 2.75) is 40.2 Å². The van der Waals surface area contributed by atoms with E-state index in [2.05, 4.69) is 6.07 Å². The number of amides is 3. The molecule has 0 spiro atoms. The van der Waals surface area contributed by atoms with E-state index in [0.29, 0.717) is 12.1 Å². The fourth-order valence-corrected chi connectivity index (χ4v) is 3.44. The SMILES string of the molecule is CCN(C(=O)c1ccc(CN2C(=O)CCC2=O)cc1)c1cc(C)cc(C)c1. The molecule has 0 saturated carbocycles. The van der Waals surface area contributed by atoms with Gasteiger partial charge in [0.25, 0.3) is 5.91 Å². The molecule has 0 radical (unpaired) electrons. The number of rotatable bonds is 5. The van der Waals surface area contributed by atoms with E-state index in [1.54, 1.807) is 29.2 Å². The van der Waals surface area contributed by atoms with Crippen molar-refractivity contribution in [2.24, 2.45) is 0 Å². The molecule has 1 fully saturated rings. The molecule has 2 aromatic carbocycles.